The first kappa shape index (κ1) is 25.4. The van der Waals surface area contributed by atoms with E-state index in [1.54, 1.807) is 46.2 Å². The van der Waals surface area contributed by atoms with E-state index in [1.165, 1.54) is 11.1 Å². The van der Waals surface area contributed by atoms with Gasteiger partial charge in [-0.2, -0.15) is 23.5 Å². The first-order chi connectivity index (χ1) is 16.5. The number of hydrogen-bond donors (Lipinski definition) is 2. The standard InChI is InChI=1S/C26H28N2O2S4/c1-17-3-7-19(8-4-17)25-27-21(13-33-25)11-31-15-23(29)24(30)16-32-12-22-14-34-26(28-22)20-9-5-18(2)6-10-20/h3-10,13-14,23-24,29-30H,11-12,15-16H2,1-2H3. The number of benzene rings is 2. The zero-order valence-corrected chi connectivity index (χ0v) is 22.4. The Hall–Kier alpha value is -1.68. The van der Waals surface area contributed by atoms with E-state index in [1.807, 2.05) is 0 Å². The van der Waals surface area contributed by atoms with Crippen LogP contribution in [0.4, 0.5) is 0 Å². The van der Waals surface area contributed by atoms with E-state index in [4.69, 9.17) is 9.97 Å². The van der Waals surface area contributed by atoms with Gasteiger partial charge in [0.2, 0.25) is 0 Å². The quantitative estimate of drug-likeness (QED) is 0.234. The van der Waals surface area contributed by atoms with Crippen molar-refractivity contribution in [1.29, 1.82) is 0 Å². The summed E-state index contributed by atoms with van der Waals surface area (Å²) in [6, 6.07) is 16.8. The van der Waals surface area contributed by atoms with Crippen molar-refractivity contribution in [2.45, 2.75) is 37.6 Å². The van der Waals surface area contributed by atoms with Crippen LogP contribution < -0.4 is 0 Å². The molecule has 2 heterocycles. The number of aromatic nitrogens is 2. The third-order valence-electron chi connectivity index (χ3n) is 5.22. The van der Waals surface area contributed by atoms with Gasteiger partial charge in [-0.05, 0) is 13.8 Å². The Bertz CT molecular complexity index is 1080. The minimum atomic E-state index is -0.758. The van der Waals surface area contributed by atoms with Crippen LogP contribution in [0.5, 0.6) is 0 Å². The van der Waals surface area contributed by atoms with Crippen LogP contribution in [0.1, 0.15) is 22.5 Å². The number of nitrogens with zero attached hydrogens (tertiary/aromatic N) is 2. The highest BCUT2D eigenvalue weighted by Gasteiger charge is 2.17. The Morgan fingerprint density at radius 1 is 0.676 bits per heavy atom. The molecule has 2 unspecified atom stereocenters. The van der Waals surface area contributed by atoms with Gasteiger partial charge in [0, 0.05) is 44.9 Å². The Morgan fingerprint density at radius 2 is 1.06 bits per heavy atom. The number of aliphatic hydroxyl groups is 2. The Morgan fingerprint density at radius 3 is 1.44 bits per heavy atom. The summed E-state index contributed by atoms with van der Waals surface area (Å²) in [7, 11) is 0. The highest BCUT2D eigenvalue weighted by atomic mass is 32.2. The van der Waals surface area contributed by atoms with Crippen LogP contribution in [-0.4, -0.2) is 43.9 Å². The zero-order valence-electron chi connectivity index (χ0n) is 19.2. The highest BCUT2D eigenvalue weighted by Crippen LogP contribution is 2.27. The van der Waals surface area contributed by atoms with Crippen LogP contribution in [0.15, 0.2) is 59.3 Å². The molecule has 4 aromatic rings. The second-order valence-corrected chi connectivity index (χ2v) is 12.0. The minimum absolute atomic E-state index is 0.480. The summed E-state index contributed by atoms with van der Waals surface area (Å²) in [6.45, 7) is 4.15. The molecule has 2 aromatic heterocycles. The topological polar surface area (TPSA) is 66.2 Å². The summed E-state index contributed by atoms with van der Waals surface area (Å²) in [5.41, 5.74) is 6.75. The van der Waals surface area contributed by atoms with Gasteiger partial charge in [0.15, 0.2) is 0 Å². The summed E-state index contributed by atoms with van der Waals surface area (Å²) in [6.07, 6.45) is -1.52. The van der Waals surface area contributed by atoms with Gasteiger partial charge in [0.1, 0.15) is 10.0 Å². The summed E-state index contributed by atoms with van der Waals surface area (Å²) in [5.74, 6) is 2.40. The van der Waals surface area contributed by atoms with Crippen molar-refractivity contribution >= 4 is 46.2 Å². The van der Waals surface area contributed by atoms with Gasteiger partial charge in [0.05, 0.1) is 23.6 Å². The predicted octanol–water partition coefficient (Wildman–Crippen LogP) is 6.44. The molecule has 0 radical (unpaired) electrons. The smallest absolute Gasteiger partial charge is 0.123 e. The molecule has 0 spiro atoms. The van der Waals surface area contributed by atoms with Crippen molar-refractivity contribution in [2.24, 2.45) is 0 Å². The van der Waals surface area contributed by atoms with E-state index in [0.717, 1.165) is 44.0 Å². The lowest BCUT2D eigenvalue weighted by molar-refractivity contribution is 0.0499. The molecule has 0 amide bonds. The molecular formula is C26H28N2O2S4. The summed E-state index contributed by atoms with van der Waals surface area (Å²) in [4.78, 5) is 9.41. The average Bonchev–Trinajstić information content (AvgIpc) is 3.50. The van der Waals surface area contributed by atoms with Gasteiger partial charge in [-0.15, -0.1) is 22.7 Å². The highest BCUT2D eigenvalue weighted by molar-refractivity contribution is 7.98. The van der Waals surface area contributed by atoms with E-state index in [9.17, 15) is 10.2 Å². The molecule has 4 rings (SSSR count). The van der Waals surface area contributed by atoms with Crippen LogP contribution in [0.3, 0.4) is 0 Å². The molecule has 0 aliphatic heterocycles. The molecule has 2 N–H and O–H groups in total. The molecular weight excluding hydrogens is 501 g/mol. The largest absolute Gasteiger partial charge is 0.390 e. The van der Waals surface area contributed by atoms with Gasteiger partial charge in [-0.3, -0.25) is 0 Å². The number of hydrogen-bond acceptors (Lipinski definition) is 8. The predicted molar refractivity (Wildman–Crippen MR) is 149 cm³/mol. The Balaban J connectivity index is 1.17. The molecule has 0 saturated heterocycles. The summed E-state index contributed by atoms with van der Waals surface area (Å²) >= 11 is 6.48. The lowest BCUT2D eigenvalue weighted by Gasteiger charge is -2.16. The van der Waals surface area contributed by atoms with Crippen molar-refractivity contribution < 1.29 is 10.2 Å². The van der Waals surface area contributed by atoms with Crippen LogP contribution in [0, 0.1) is 13.8 Å². The maximum atomic E-state index is 10.4. The van der Waals surface area contributed by atoms with Crippen molar-refractivity contribution in [3.8, 4) is 21.1 Å². The van der Waals surface area contributed by atoms with E-state index < -0.39 is 12.2 Å². The molecule has 8 heteroatoms. The van der Waals surface area contributed by atoms with Gasteiger partial charge in [0.25, 0.3) is 0 Å². The number of aliphatic hydroxyl groups excluding tert-OH is 2. The fourth-order valence-corrected chi connectivity index (χ4v) is 6.93. The molecule has 34 heavy (non-hydrogen) atoms. The third kappa shape index (κ3) is 7.16. The first-order valence-electron chi connectivity index (χ1n) is 11.0. The first-order valence-corrected chi connectivity index (χ1v) is 15.1. The van der Waals surface area contributed by atoms with E-state index in [-0.39, 0.29) is 0 Å². The molecule has 0 aliphatic rings. The monoisotopic (exact) mass is 528 g/mol. The maximum Gasteiger partial charge on any atom is 0.123 e. The van der Waals surface area contributed by atoms with Crippen LogP contribution >= 0.6 is 46.2 Å². The van der Waals surface area contributed by atoms with Crippen molar-refractivity contribution in [3.63, 3.8) is 0 Å². The van der Waals surface area contributed by atoms with Gasteiger partial charge in [-0.25, -0.2) is 9.97 Å². The fourth-order valence-electron chi connectivity index (χ4n) is 3.19. The molecule has 0 fully saturated rings. The molecule has 178 valence electrons. The van der Waals surface area contributed by atoms with Crippen LogP contribution in [-0.2, 0) is 11.5 Å². The summed E-state index contributed by atoms with van der Waals surface area (Å²) < 4.78 is 0. The second-order valence-electron chi connectivity index (χ2n) is 8.18. The minimum Gasteiger partial charge on any atom is -0.390 e. The molecule has 0 aliphatic carbocycles. The van der Waals surface area contributed by atoms with Gasteiger partial charge < -0.3 is 10.2 Å². The van der Waals surface area contributed by atoms with E-state index >= 15 is 0 Å². The van der Waals surface area contributed by atoms with Gasteiger partial charge >= 0.3 is 0 Å². The van der Waals surface area contributed by atoms with Crippen molar-refractivity contribution in [3.05, 3.63) is 81.8 Å². The lowest BCUT2D eigenvalue weighted by atomic mass is 10.2. The van der Waals surface area contributed by atoms with Gasteiger partial charge in [-0.1, -0.05) is 59.7 Å². The second kappa shape index (κ2) is 12.3. The molecule has 2 aromatic carbocycles. The molecule has 0 bridgehead atoms. The number of rotatable bonds is 11. The maximum absolute atomic E-state index is 10.4. The number of aryl methyl sites for hydroxylation is 2. The molecule has 0 saturated carbocycles. The third-order valence-corrected chi connectivity index (χ3v) is 9.26. The number of thiazole rings is 2. The average molecular weight is 529 g/mol. The van der Waals surface area contributed by atoms with Crippen molar-refractivity contribution in [1.82, 2.24) is 9.97 Å². The van der Waals surface area contributed by atoms with E-state index in [0.29, 0.717) is 11.5 Å². The van der Waals surface area contributed by atoms with Crippen molar-refractivity contribution in [2.75, 3.05) is 11.5 Å². The Kier molecular flexibility index (Phi) is 9.22. The SMILES string of the molecule is Cc1ccc(-c2nc(CSCC(O)C(O)CSCc3csc(-c4ccc(C)cc4)n3)cs2)cc1. The van der Waals surface area contributed by atoms with E-state index in [2.05, 4.69) is 73.1 Å². The molecule has 4 nitrogen and oxygen atoms in total. The van der Waals surface area contributed by atoms with Crippen LogP contribution in [0.2, 0.25) is 0 Å². The van der Waals surface area contributed by atoms with Crippen LogP contribution in [0.25, 0.3) is 21.1 Å². The normalized spacial score (nSPS) is 13.2. The lowest BCUT2D eigenvalue weighted by Crippen LogP contribution is -2.30. The Labute approximate surface area is 217 Å². The summed E-state index contributed by atoms with van der Waals surface area (Å²) in [5, 5.41) is 26.9. The molecule has 2 atom stereocenters. The zero-order chi connectivity index (χ0) is 23.9. The number of thioether (sulfide) groups is 2. The fraction of sp³-hybridized carbons (Fsp3) is 0.308.